The van der Waals surface area contributed by atoms with Crippen molar-refractivity contribution in [3.05, 3.63) is 67.1 Å². The molecule has 0 saturated heterocycles. The van der Waals surface area contributed by atoms with E-state index in [2.05, 4.69) is 45.7 Å². The molecule has 0 aliphatic heterocycles. The van der Waals surface area contributed by atoms with Gasteiger partial charge < -0.3 is 20.5 Å². The van der Waals surface area contributed by atoms with Crippen molar-refractivity contribution in [1.82, 2.24) is 40.0 Å². The summed E-state index contributed by atoms with van der Waals surface area (Å²) < 4.78 is 14.7. The highest BCUT2D eigenvalue weighted by atomic mass is 19.1. The maximum atomic E-state index is 14.7. The fourth-order valence-corrected chi connectivity index (χ4v) is 5.87. The minimum absolute atomic E-state index is 0.0472. The molecule has 45 heavy (non-hydrogen) atoms. The molecular weight excluding hydrogens is 571 g/mol. The van der Waals surface area contributed by atoms with Gasteiger partial charge in [0.15, 0.2) is 11.5 Å². The second kappa shape index (κ2) is 12.0. The quantitative estimate of drug-likeness (QED) is 0.161. The van der Waals surface area contributed by atoms with Crippen molar-refractivity contribution in [2.45, 2.75) is 25.7 Å². The summed E-state index contributed by atoms with van der Waals surface area (Å²) >= 11 is 0. The lowest BCUT2D eigenvalue weighted by molar-refractivity contribution is -0.119. The molecule has 4 N–H and O–H groups in total. The molecule has 6 aromatic rings. The highest BCUT2D eigenvalue weighted by Crippen LogP contribution is 2.34. The molecule has 0 spiro atoms. The normalized spacial score (nSPS) is 13.7. The van der Waals surface area contributed by atoms with E-state index in [1.807, 2.05) is 32.3 Å². The number of amides is 1. The number of aromatic nitrogens is 7. The van der Waals surface area contributed by atoms with Gasteiger partial charge in [0.2, 0.25) is 5.91 Å². The average molecular weight is 605 g/mol. The first-order valence-corrected chi connectivity index (χ1v) is 15.1. The topological polar surface area (TPSA) is 140 Å². The highest BCUT2D eigenvalue weighted by Gasteiger charge is 2.23. The lowest BCUT2D eigenvalue weighted by Gasteiger charge is -2.12. The zero-order valence-electron chi connectivity index (χ0n) is 25.1. The molecule has 1 aliphatic carbocycles. The van der Waals surface area contributed by atoms with E-state index in [0.29, 0.717) is 57.2 Å². The molecule has 1 aliphatic rings. The summed E-state index contributed by atoms with van der Waals surface area (Å²) in [7, 11) is 3.99. The molecule has 12 heteroatoms. The zero-order chi connectivity index (χ0) is 30.9. The average Bonchev–Trinajstić information content (AvgIpc) is 3.80. The third-order valence-corrected chi connectivity index (χ3v) is 8.20. The first-order valence-electron chi connectivity index (χ1n) is 15.1. The first-order chi connectivity index (χ1) is 21.9. The van der Waals surface area contributed by atoms with Crippen molar-refractivity contribution in [3.63, 3.8) is 0 Å². The summed E-state index contributed by atoms with van der Waals surface area (Å²) in [6, 6.07) is 8.76. The number of anilines is 2. The largest absolute Gasteiger partial charge is 0.384 e. The van der Waals surface area contributed by atoms with Crippen molar-refractivity contribution in [1.29, 1.82) is 0 Å². The van der Waals surface area contributed by atoms with E-state index in [0.717, 1.165) is 48.7 Å². The van der Waals surface area contributed by atoms with Gasteiger partial charge >= 0.3 is 0 Å². The van der Waals surface area contributed by atoms with Crippen molar-refractivity contribution >= 4 is 39.3 Å². The summed E-state index contributed by atoms with van der Waals surface area (Å²) in [6.45, 7) is 1.50. The smallest absolute Gasteiger partial charge is 0.227 e. The molecule has 1 fully saturated rings. The molecule has 1 saturated carbocycles. The van der Waals surface area contributed by atoms with Gasteiger partial charge in [-0.1, -0.05) is 12.8 Å². The van der Waals surface area contributed by atoms with Crippen LogP contribution in [-0.2, 0) is 4.79 Å². The van der Waals surface area contributed by atoms with Gasteiger partial charge in [0.05, 0.1) is 34.5 Å². The molecule has 228 valence electrons. The van der Waals surface area contributed by atoms with Crippen LogP contribution in [0.15, 0.2) is 61.3 Å². The van der Waals surface area contributed by atoms with E-state index >= 15 is 0 Å². The Labute approximate surface area is 258 Å². The number of H-pyrrole nitrogens is 2. The Morgan fingerprint density at radius 3 is 2.60 bits per heavy atom. The second-order valence-electron chi connectivity index (χ2n) is 11.8. The molecule has 5 heterocycles. The van der Waals surface area contributed by atoms with E-state index < -0.39 is 0 Å². The monoisotopic (exact) mass is 604 g/mol. The van der Waals surface area contributed by atoms with Gasteiger partial charge in [0.25, 0.3) is 0 Å². The van der Waals surface area contributed by atoms with Crippen LogP contribution in [0.3, 0.4) is 0 Å². The molecule has 0 bridgehead atoms. The fourth-order valence-electron chi connectivity index (χ4n) is 5.87. The minimum Gasteiger partial charge on any atom is -0.384 e. The molecule has 0 atom stereocenters. The fraction of sp³-hybridized carbons (Fsp3) is 0.273. The summed E-state index contributed by atoms with van der Waals surface area (Å²) in [4.78, 5) is 36.3. The minimum atomic E-state index is -0.345. The molecule has 11 nitrogen and oxygen atoms in total. The standard InChI is InChI=1S/C33H33FN10O/c1-44(2)8-7-37-24-10-20(9-23(34)13-24)27-17-36-18-28-29(27)41-32(40-28)30-26-12-22(15-38-31(26)43-42-30)21-11-25(16-35-14-21)39-33(45)19-5-3-4-6-19/h9-19,37H,3-8H2,1-2H3,(H,39,45)(H,40,41)(H,38,42,43). The Bertz CT molecular complexity index is 2010. The number of benzene rings is 1. The van der Waals surface area contributed by atoms with Gasteiger partial charge in [-0.3, -0.25) is 19.9 Å². The van der Waals surface area contributed by atoms with E-state index in [4.69, 9.17) is 4.98 Å². The van der Waals surface area contributed by atoms with Crippen LogP contribution in [0.4, 0.5) is 15.8 Å². The number of hydrogen-bond acceptors (Lipinski definition) is 8. The Morgan fingerprint density at radius 2 is 1.76 bits per heavy atom. The molecule has 1 amide bonds. The molecule has 5 aromatic heterocycles. The van der Waals surface area contributed by atoms with Crippen LogP contribution in [0.25, 0.3) is 55.8 Å². The van der Waals surface area contributed by atoms with E-state index in [1.54, 1.807) is 31.0 Å². The SMILES string of the molecule is CN(C)CCNc1cc(F)cc(-c2cncc3[nH]c(-c4[nH]nc5ncc(-c6cncc(NC(=O)C7CCCC7)c6)cc45)nc23)c1. The predicted molar refractivity (Wildman–Crippen MR) is 173 cm³/mol. The number of pyridine rings is 3. The van der Waals surface area contributed by atoms with E-state index in [9.17, 15) is 9.18 Å². The Morgan fingerprint density at radius 1 is 0.956 bits per heavy atom. The van der Waals surface area contributed by atoms with Gasteiger partial charge in [-0.2, -0.15) is 5.10 Å². The maximum absolute atomic E-state index is 14.7. The number of aromatic amines is 2. The van der Waals surface area contributed by atoms with E-state index in [-0.39, 0.29) is 17.6 Å². The number of rotatable bonds is 9. The Hall–Kier alpha value is -5.23. The van der Waals surface area contributed by atoms with Crippen LogP contribution in [0.1, 0.15) is 25.7 Å². The Balaban J connectivity index is 1.20. The summed E-state index contributed by atoms with van der Waals surface area (Å²) in [5.74, 6) is 0.318. The maximum Gasteiger partial charge on any atom is 0.227 e. The third-order valence-electron chi connectivity index (χ3n) is 8.20. The lowest BCUT2D eigenvalue weighted by atomic mass is 10.1. The molecule has 1 aromatic carbocycles. The van der Waals surface area contributed by atoms with Crippen molar-refractivity contribution < 1.29 is 9.18 Å². The molecular formula is C33H33FN10O. The number of halogens is 1. The van der Waals surface area contributed by atoms with Gasteiger partial charge in [-0.05, 0) is 62.8 Å². The zero-order valence-corrected chi connectivity index (χ0v) is 25.1. The van der Waals surface area contributed by atoms with Crippen LogP contribution in [0.2, 0.25) is 0 Å². The number of hydrogen-bond donors (Lipinski definition) is 4. The van der Waals surface area contributed by atoms with Gasteiger partial charge in [-0.15, -0.1) is 0 Å². The number of likely N-dealkylation sites (N-methyl/N-ethyl adjacent to an activating group) is 1. The van der Waals surface area contributed by atoms with Crippen LogP contribution in [0.5, 0.6) is 0 Å². The summed E-state index contributed by atoms with van der Waals surface area (Å²) in [6.07, 6.45) is 12.6. The number of carbonyl (C=O) groups is 1. The highest BCUT2D eigenvalue weighted by molar-refractivity contribution is 5.97. The Kier molecular flexibility index (Phi) is 7.64. The van der Waals surface area contributed by atoms with Gasteiger partial charge in [-0.25, -0.2) is 14.4 Å². The van der Waals surface area contributed by atoms with Crippen LogP contribution >= 0.6 is 0 Å². The molecule has 7 rings (SSSR count). The summed E-state index contributed by atoms with van der Waals surface area (Å²) in [5, 5.41) is 14.6. The van der Waals surface area contributed by atoms with Gasteiger partial charge in [0.1, 0.15) is 11.5 Å². The number of nitrogens with one attached hydrogen (secondary N) is 4. The summed E-state index contributed by atoms with van der Waals surface area (Å²) in [5.41, 5.74) is 6.91. The first kappa shape index (κ1) is 28.5. The van der Waals surface area contributed by atoms with E-state index in [1.165, 1.54) is 12.1 Å². The number of nitrogens with zero attached hydrogens (tertiary/aromatic N) is 6. The van der Waals surface area contributed by atoms with Crippen LogP contribution < -0.4 is 10.6 Å². The number of fused-ring (bicyclic) bond motifs is 2. The van der Waals surface area contributed by atoms with Gasteiger partial charge in [0, 0.05) is 60.0 Å². The third kappa shape index (κ3) is 5.96. The number of carbonyl (C=O) groups excluding carboxylic acids is 1. The molecule has 0 unspecified atom stereocenters. The second-order valence-corrected chi connectivity index (χ2v) is 11.8. The molecule has 0 radical (unpaired) electrons. The van der Waals surface area contributed by atoms with Crippen molar-refractivity contribution in [2.24, 2.45) is 5.92 Å². The van der Waals surface area contributed by atoms with Crippen LogP contribution in [0, 0.1) is 11.7 Å². The number of imidazole rings is 1. The van der Waals surface area contributed by atoms with Crippen molar-refractivity contribution in [3.8, 4) is 33.8 Å². The lowest BCUT2D eigenvalue weighted by Crippen LogP contribution is -2.20. The van der Waals surface area contributed by atoms with Crippen LogP contribution in [-0.4, -0.2) is 73.1 Å². The van der Waals surface area contributed by atoms with Crippen molar-refractivity contribution in [2.75, 3.05) is 37.8 Å². The predicted octanol–water partition coefficient (Wildman–Crippen LogP) is 5.87.